The molecule has 0 aliphatic heterocycles. The van der Waals surface area contributed by atoms with Gasteiger partial charge in [-0.2, -0.15) is 0 Å². The Morgan fingerprint density at radius 2 is 2.00 bits per heavy atom. The minimum absolute atomic E-state index is 0.00296. The molecule has 0 amide bonds. The summed E-state index contributed by atoms with van der Waals surface area (Å²) in [5.74, 6) is 0. The van der Waals surface area contributed by atoms with Crippen molar-refractivity contribution in [3.05, 3.63) is 0 Å². The van der Waals surface area contributed by atoms with E-state index in [1.165, 1.54) is 6.92 Å². The molecule has 0 aromatic carbocycles. The second-order valence-electron chi connectivity index (χ2n) is 4.43. The third kappa shape index (κ3) is 4.90. The van der Waals surface area contributed by atoms with Gasteiger partial charge in [-0.25, -0.2) is 13.1 Å². The smallest absolute Gasteiger partial charge is 0.220 e. The summed E-state index contributed by atoms with van der Waals surface area (Å²) in [5.41, 5.74) is 5.25. The van der Waals surface area contributed by atoms with Crippen LogP contribution in [0.5, 0.6) is 0 Å². The van der Waals surface area contributed by atoms with E-state index in [9.17, 15) is 8.42 Å². The maximum atomic E-state index is 11.7. The molecule has 6 heteroatoms. The fourth-order valence-electron chi connectivity index (χ4n) is 0.699. The third-order valence-electron chi connectivity index (χ3n) is 2.58. The standard InChI is InChI=1S/C9H20N2O2S2/c1-5-9(3,4)6-11-15(12,13)7(2)8(10)14/h7,11H,5-6H2,1-4H3,(H2,10,14). The average molecular weight is 252 g/mol. The Balaban J connectivity index is 4.48. The molecule has 0 radical (unpaired) electrons. The fourth-order valence-corrected chi connectivity index (χ4v) is 2.23. The van der Waals surface area contributed by atoms with Crippen LogP contribution in [0.3, 0.4) is 0 Å². The first-order chi connectivity index (χ1) is 6.62. The monoisotopic (exact) mass is 252 g/mol. The molecule has 90 valence electrons. The van der Waals surface area contributed by atoms with Gasteiger partial charge in [0.2, 0.25) is 10.0 Å². The summed E-state index contributed by atoms with van der Waals surface area (Å²) in [6, 6.07) is 0. The minimum Gasteiger partial charge on any atom is -0.392 e. The molecular weight excluding hydrogens is 232 g/mol. The second-order valence-corrected chi connectivity index (χ2v) is 6.99. The molecule has 0 saturated heterocycles. The lowest BCUT2D eigenvalue weighted by atomic mass is 9.91. The van der Waals surface area contributed by atoms with Gasteiger partial charge in [0.1, 0.15) is 5.25 Å². The Morgan fingerprint density at radius 3 is 2.33 bits per heavy atom. The van der Waals surface area contributed by atoms with Crippen LogP contribution in [0.1, 0.15) is 34.1 Å². The van der Waals surface area contributed by atoms with E-state index in [0.29, 0.717) is 6.54 Å². The van der Waals surface area contributed by atoms with E-state index in [-0.39, 0.29) is 10.4 Å². The first-order valence-corrected chi connectivity index (χ1v) is 6.85. The summed E-state index contributed by atoms with van der Waals surface area (Å²) in [6.07, 6.45) is 0.900. The molecule has 1 unspecified atom stereocenters. The molecule has 0 aromatic heterocycles. The lowest BCUT2D eigenvalue weighted by molar-refractivity contribution is 0.350. The molecule has 1 atom stereocenters. The molecule has 0 bridgehead atoms. The SMILES string of the molecule is CCC(C)(C)CNS(=O)(=O)C(C)C(N)=S. The van der Waals surface area contributed by atoms with Gasteiger partial charge in [0.15, 0.2) is 0 Å². The van der Waals surface area contributed by atoms with Gasteiger partial charge in [0.05, 0.1) is 4.99 Å². The summed E-state index contributed by atoms with van der Waals surface area (Å²) in [4.78, 5) is -0.00296. The Morgan fingerprint density at radius 1 is 1.53 bits per heavy atom. The van der Waals surface area contributed by atoms with E-state index in [1.54, 1.807) is 0 Å². The van der Waals surface area contributed by atoms with Crippen molar-refractivity contribution < 1.29 is 8.42 Å². The zero-order valence-corrected chi connectivity index (χ0v) is 11.3. The highest BCUT2D eigenvalue weighted by molar-refractivity contribution is 7.93. The van der Waals surface area contributed by atoms with Crippen molar-refractivity contribution in [2.24, 2.45) is 11.1 Å². The van der Waals surface area contributed by atoms with Gasteiger partial charge in [-0.3, -0.25) is 0 Å². The van der Waals surface area contributed by atoms with E-state index < -0.39 is 15.3 Å². The molecule has 0 fully saturated rings. The van der Waals surface area contributed by atoms with E-state index in [4.69, 9.17) is 5.73 Å². The predicted octanol–water partition coefficient (Wildman–Crippen LogP) is 1.02. The third-order valence-corrected chi connectivity index (χ3v) is 4.81. The van der Waals surface area contributed by atoms with Crippen LogP contribution >= 0.6 is 12.2 Å². The van der Waals surface area contributed by atoms with Gasteiger partial charge in [-0.15, -0.1) is 0 Å². The zero-order chi connectivity index (χ0) is 12.3. The minimum atomic E-state index is -3.42. The number of hydrogen-bond acceptors (Lipinski definition) is 3. The molecule has 0 spiro atoms. The van der Waals surface area contributed by atoms with E-state index in [0.717, 1.165) is 6.42 Å². The summed E-state index contributed by atoms with van der Waals surface area (Å²) in [7, 11) is -3.42. The summed E-state index contributed by atoms with van der Waals surface area (Å²) < 4.78 is 25.8. The summed E-state index contributed by atoms with van der Waals surface area (Å²) >= 11 is 4.66. The van der Waals surface area contributed by atoms with Crippen LogP contribution < -0.4 is 10.5 Å². The molecule has 0 heterocycles. The van der Waals surface area contributed by atoms with E-state index in [2.05, 4.69) is 16.9 Å². The topological polar surface area (TPSA) is 72.2 Å². The van der Waals surface area contributed by atoms with Crippen LogP contribution in [0.25, 0.3) is 0 Å². The van der Waals surface area contributed by atoms with Crippen LogP contribution in [0, 0.1) is 5.41 Å². The van der Waals surface area contributed by atoms with Crippen molar-refractivity contribution in [1.29, 1.82) is 0 Å². The number of hydrogen-bond donors (Lipinski definition) is 2. The van der Waals surface area contributed by atoms with Gasteiger partial charge in [-0.1, -0.05) is 33.0 Å². The Hall–Kier alpha value is -0.200. The molecule has 4 nitrogen and oxygen atoms in total. The lowest BCUT2D eigenvalue weighted by Gasteiger charge is -2.24. The molecular formula is C9H20N2O2S2. The summed E-state index contributed by atoms with van der Waals surface area (Å²) in [6.45, 7) is 7.91. The number of nitrogens with one attached hydrogen (secondary N) is 1. The summed E-state index contributed by atoms with van der Waals surface area (Å²) in [5, 5.41) is -0.819. The van der Waals surface area contributed by atoms with Crippen molar-refractivity contribution in [1.82, 2.24) is 4.72 Å². The predicted molar refractivity (Wildman–Crippen MR) is 67.2 cm³/mol. The zero-order valence-electron chi connectivity index (χ0n) is 9.70. The second kappa shape index (κ2) is 5.23. The van der Waals surface area contributed by atoms with Crippen molar-refractivity contribution in [2.75, 3.05) is 6.54 Å². The number of sulfonamides is 1. The molecule has 3 N–H and O–H groups in total. The number of rotatable bonds is 6. The van der Waals surface area contributed by atoms with Gasteiger partial charge in [0.25, 0.3) is 0 Å². The van der Waals surface area contributed by atoms with Crippen molar-refractivity contribution in [3.8, 4) is 0 Å². The van der Waals surface area contributed by atoms with Crippen molar-refractivity contribution in [2.45, 2.75) is 39.4 Å². The first-order valence-electron chi connectivity index (χ1n) is 4.90. The van der Waals surface area contributed by atoms with Crippen LogP contribution in [-0.4, -0.2) is 25.2 Å². The molecule has 0 saturated carbocycles. The molecule has 15 heavy (non-hydrogen) atoms. The van der Waals surface area contributed by atoms with Crippen LogP contribution in [-0.2, 0) is 10.0 Å². The van der Waals surface area contributed by atoms with Crippen molar-refractivity contribution >= 4 is 27.2 Å². The van der Waals surface area contributed by atoms with Gasteiger partial charge < -0.3 is 5.73 Å². The normalized spacial score (nSPS) is 14.9. The molecule has 0 rings (SSSR count). The Bertz CT molecular complexity index is 323. The Kier molecular flexibility index (Phi) is 5.16. The van der Waals surface area contributed by atoms with E-state index in [1.807, 2.05) is 20.8 Å². The largest absolute Gasteiger partial charge is 0.392 e. The quantitative estimate of drug-likeness (QED) is 0.692. The highest BCUT2D eigenvalue weighted by Gasteiger charge is 2.25. The van der Waals surface area contributed by atoms with Crippen molar-refractivity contribution in [3.63, 3.8) is 0 Å². The Labute approximate surface area is 97.7 Å². The number of nitrogens with two attached hydrogens (primary N) is 1. The van der Waals surface area contributed by atoms with Gasteiger partial charge in [-0.05, 0) is 18.8 Å². The van der Waals surface area contributed by atoms with Crippen LogP contribution in [0.4, 0.5) is 0 Å². The molecule has 0 aliphatic rings. The number of thiocarbonyl (C=S) groups is 1. The maximum absolute atomic E-state index is 11.7. The fraction of sp³-hybridized carbons (Fsp3) is 0.889. The average Bonchev–Trinajstić information content (AvgIpc) is 2.14. The lowest BCUT2D eigenvalue weighted by Crippen LogP contribution is -2.43. The first kappa shape index (κ1) is 14.8. The molecule has 0 aliphatic carbocycles. The molecule has 0 aromatic rings. The van der Waals surface area contributed by atoms with Crippen LogP contribution in [0.15, 0.2) is 0 Å². The van der Waals surface area contributed by atoms with Gasteiger partial charge >= 0.3 is 0 Å². The maximum Gasteiger partial charge on any atom is 0.220 e. The highest BCUT2D eigenvalue weighted by Crippen LogP contribution is 2.18. The highest BCUT2D eigenvalue weighted by atomic mass is 32.2. The van der Waals surface area contributed by atoms with Gasteiger partial charge in [0, 0.05) is 6.54 Å². The van der Waals surface area contributed by atoms with E-state index >= 15 is 0 Å². The van der Waals surface area contributed by atoms with Crippen LogP contribution in [0.2, 0.25) is 0 Å².